The maximum absolute atomic E-state index is 12.9. The number of hydrogen-bond acceptors (Lipinski definition) is 2. The van der Waals surface area contributed by atoms with E-state index in [0.717, 1.165) is 6.07 Å². The topological polar surface area (TPSA) is 35.2 Å². The zero-order chi connectivity index (χ0) is 15.3. The van der Waals surface area contributed by atoms with Gasteiger partial charge in [-0.05, 0) is 23.8 Å². The molecule has 1 atom stereocenters. The van der Waals surface area contributed by atoms with Gasteiger partial charge in [0.25, 0.3) is 0 Å². The summed E-state index contributed by atoms with van der Waals surface area (Å²) in [4.78, 5) is 0. The molecule has 0 amide bonds. The molecule has 1 unspecified atom stereocenters. The lowest BCUT2D eigenvalue weighted by Crippen LogP contribution is -2.19. The predicted octanol–water partition coefficient (Wildman–Crippen LogP) is 4.17. The molecule has 0 aliphatic heterocycles. The molecule has 2 aromatic rings. The van der Waals surface area contributed by atoms with Crippen molar-refractivity contribution in [1.82, 2.24) is 0 Å². The van der Waals surface area contributed by atoms with Crippen molar-refractivity contribution in [3.8, 4) is 5.75 Å². The SMILES string of the molecule is NC(CCOc1ccccc1)c1ccccc1C(F)(F)F. The van der Waals surface area contributed by atoms with Crippen LogP contribution in [0.5, 0.6) is 5.75 Å². The van der Waals surface area contributed by atoms with Crippen molar-refractivity contribution >= 4 is 0 Å². The predicted molar refractivity (Wildman–Crippen MR) is 74.9 cm³/mol. The highest BCUT2D eigenvalue weighted by atomic mass is 19.4. The van der Waals surface area contributed by atoms with Gasteiger partial charge in [-0.2, -0.15) is 13.2 Å². The maximum atomic E-state index is 12.9. The van der Waals surface area contributed by atoms with Crippen molar-refractivity contribution in [3.05, 3.63) is 65.7 Å². The Kier molecular flexibility index (Phi) is 4.85. The Labute approximate surface area is 121 Å². The first-order valence-corrected chi connectivity index (χ1v) is 6.58. The molecule has 5 heteroatoms. The summed E-state index contributed by atoms with van der Waals surface area (Å²) in [6.07, 6.45) is -4.09. The van der Waals surface area contributed by atoms with E-state index in [1.165, 1.54) is 12.1 Å². The van der Waals surface area contributed by atoms with E-state index in [-0.39, 0.29) is 12.2 Å². The summed E-state index contributed by atoms with van der Waals surface area (Å²) in [5.41, 5.74) is 5.29. The molecule has 21 heavy (non-hydrogen) atoms. The molecule has 0 saturated heterocycles. The Balaban J connectivity index is 1.99. The third-order valence-electron chi connectivity index (χ3n) is 3.11. The van der Waals surface area contributed by atoms with Gasteiger partial charge in [-0.1, -0.05) is 36.4 Å². The molecule has 0 saturated carbocycles. The van der Waals surface area contributed by atoms with Crippen molar-refractivity contribution < 1.29 is 17.9 Å². The van der Waals surface area contributed by atoms with E-state index in [0.29, 0.717) is 12.2 Å². The first-order chi connectivity index (χ1) is 9.98. The third kappa shape index (κ3) is 4.23. The minimum absolute atomic E-state index is 0.0988. The van der Waals surface area contributed by atoms with E-state index < -0.39 is 17.8 Å². The van der Waals surface area contributed by atoms with Crippen LogP contribution in [0.3, 0.4) is 0 Å². The first kappa shape index (κ1) is 15.4. The number of nitrogens with two attached hydrogens (primary N) is 1. The van der Waals surface area contributed by atoms with E-state index in [1.54, 1.807) is 18.2 Å². The van der Waals surface area contributed by atoms with Gasteiger partial charge in [0.15, 0.2) is 0 Å². The zero-order valence-corrected chi connectivity index (χ0v) is 11.3. The van der Waals surface area contributed by atoms with Crippen LogP contribution in [-0.4, -0.2) is 6.61 Å². The lowest BCUT2D eigenvalue weighted by molar-refractivity contribution is -0.138. The van der Waals surface area contributed by atoms with Crippen LogP contribution >= 0.6 is 0 Å². The van der Waals surface area contributed by atoms with Gasteiger partial charge in [0.05, 0.1) is 12.2 Å². The third-order valence-corrected chi connectivity index (χ3v) is 3.11. The molecule has 0 bridgehead atoms. The summed E-state index contributed by atoms with van der Waals surface area (Å²) in [6.45, 7) is 0.261. The number of para-hydroxylation sites is 1. The first-order valence-electron chi connectivity index (χ1n) is 6.58. The highest BCUT2D eigenvalue weighted by Gasteiger charge is 2.34. The fourth-order valence-electron chi connectivity index (χ4n) is 2.05. The quantitative estimate of drug-likeness (QED) is 0.898. The Morgan fingerprint density at radius 3 is 2.24 bits per heavy atom. The van der Waals surface area contributed by atoms with E-state index in [1.807, 2.05) is 18.2 Å². The van der Waals surface area contributed by atoms with Gasteiger partial charge in [0, 0.05) is 12.5 Å². The highest BCUT2D eigenvalue weighted by molar-refractivity contribution is 5.32. The Hall–Kier alpha value is -2.01. The van der Waals surface area contributed by atoms with E-state index in [9.17, 15) is 13.2 Å². The molecule has 112 valence electrons. The van der Waals surface area contributed by atoms with Crippen LogP contribution in [0.4, 0.5) is 13.2 Å². The molecule has 0 aliphatic carbocycles. The van der Waals surface area contributed by atoms with Crippen molar-refractivity contribution in [1.29, 1.82) is 0 Å². The summed E-state index contributed by atoms with van der Waals surface area (Å²) in [6, 6.07) is 13.8. The number of rotatable bonds is 5. The lowest BCUT2D eigenvalue weighted by Gasteiger charge is -2.18. The van der Waals surface area contributed by atoms with Crippen molar-refractivity contribution in [3.63, 3.8) is 0 Å². The standard InChI is InChI=1S/C16H16F3NO/c17-16(18,19)14-9-5-4-8-13(14)15(20)10-11-21-12-6-2-1-3-7-12/h1-9,15H,10-11,20H2. The van der Waals surface area contributed by atoms with Crippen LogP contribution in [0.1, 0.15) is 23.6 Å². The average Bonchev–Trinajstić information content (AvgIpc) is 2.47. The van der Waals surface area contributed by atoms with Gasteiger partial charge < -0.3 is 10.5 Å². The molecule has 0 heterocycles. The second-order valence-electron chi connectivity index (χ2n) is 4.64. The van der Waals surface area contributed by atoms with Crippen LogP contribution < -0.4 is 10.5 Å². The second-order valence-corrected chi connectivity index (χ2v) is 4.64. The average molecular weight is 295 g/mol. The van der Waals surface area contributed by atoms with E-state index in [4.69, 9.17) is 10.5 Å². The molecule has 0 spiro atoms. The van der Waals surface area contributed by atoms with Crippen LogP contribution in [-0.2, 0) is 6.18 Å². The molecule has 2 nitrogen and oxygen atoms in total. The molecular formula is C16H16F3NO. The van der Waals surface area contributed by atoms with Gasteiger partial charge >= 0.3 is 6.18 Å². The molecule has 2 N–H and O–H groups in total. The van der Waals surface area contributed by atoms with Gasteiger partial charge in [0.2, 0.25) is 0 Å². The summed E-state index contributed by atoms with van der Waals surface area (Å²) >= 11 is 0. The number of benzene rings is 2. The van der Waals surface area contributed by atoms with Gasteiger partial charge in [-0.3, -0.25) is 0 Å². The number of hydrogen-bond donors (Lipinski definition) is 1. The molecule has 0 fully saturated rings. The zero-order valence-electron chi connectivity index (χ0n) is 11.3. The molecule has 2 aromatic carbocycles. The molecule has 0 radical (unpaired) electrons. The maximum Gasteiger partial charge on any atom is 0.416 e. The highest BCUT2D eigenvalue weighted by Crippen LogP contribution is 2.34. The minimum Gasteiger partial charge on any atom is -0.494 e. The summed E-state index contributed by atoms with van der Waals surface area (Å²) in [5, 5.41) is 0. The number of alkyl halides is 3. The van der Waals surface area contributed by atoms with E-state index >= 15 is 0 Å². The molecular weight excluding hydrogens is 279 g/mol. The van der Waals surface area contributed by atoms with Crippen molar-refractivity contribution in [2.75, 3.05) is 6.61 Å². The fraction of sp³-hybridized carbons (Fsp3) is 0.250. The van der Waals surface area contributed by atoms with Crippen LogP contribution in [0.15, 0.2) is 54.6 Å². The van der Waals surface area contributed by atoms with Crippen LogP contribution in [0.25, 0.3) is 0 Å². The van der Waals surface area contributed by atoms with Crippen molar-refractivity contribution in [2.45, 2.75) is 18.6 Å². The number of ether oxygens (including phenoxy) is 1. The summed E-state index contributed by atoms with van der Waals surface area (Å²) < 4.78 is 44.2. The van der Waals surface area contributed by atoms with Crippen LogP contribution in [0, 0.1) is 0 Å². The van der Waals surface area contributed by atoms with Crippen molar-refractivity contribution in [2.24, 2.45) is 5.73 Å². The Morgan fingerprint density at radius 1 is 0.952 bits per heavy atom. The largest absolute Gasteiger partial charge is 0.494 e. The summed E-state index contributed by atoms with van der Waals surface area (Å²) in [7, 11) is 0. The van der Waals surface area contributed by atoms with Gasteiger partial charge in [0.1, 0.15) is 5.75 Å². The van der Waals surface area contributed by atoms with E-state index in [2.05, 4.69) is 0 Å². The smallest absolute Gasteiger partial charge is 0.416 e. The monoisotopic (exact) mass is 295 g/mol. The molecule has 0 aliphatic rings. The minimum atomic E-state index is -4.39. The molecule has 0 aromatic heterocycles. The Morgan fingerprint density at radius 2 is 1.57 bits per heavy atom. The van der Waals surface area contributed by atoms with Gasteiger partial charge in [-0.25, -0.2) is 0 Å². The lowest BCUT2D eigenvalue weighted by atomic mass is 9.98. The second kappa shape index (κ2) is 6.63. The molecule has 2 rings (SSSR count). The fourth-order valence-corrected chi connectivity index (χ4v) is 2.05. The number of halogens is 3. The summed E-state index contributed by atoms with van der Waals surface area (Å²) in [5.74, 6) is 0.675. The normalized spacial score (nSPS) is 13.0. The Bertz CT molecular complexity index is 569. The van der Waals surface area contributed by atoms with Gasteiger partial charge in [-0.15, -0.1) is 0 Å². The van der Waals surface area contributed by atoms with Crippen LogP contribution in [0.2, 0.25) is 0 Å².